The van der Waals surface area contributed by atoms with E-state index in [0.29, 0.717) is 16.4 Å². The van der Waals surface area contributed by atoms with Crippen molar-refractivity contribution < 1.29 is 9.59 Å². The van der Waals surface area contributed by atoms with E-state index in [1.54, 1.807) is 35.6 Å². The SMILES string of the molecule is CC(=O)c1ccccc1NC(=O)CSc1nnc(-c2cccs2)n1-c1ccccc1. The predicted octanol–water partition coefficient (Wildman–Crippen LogP) is 4.93. The molecule has 1 amide bonds. The van der Waals surface area contributed by atoms with E-state index in [2.05, 4.69) is 15.5 Å². The number of carbonyl (C=O) groups excluding carboxylic acids is 2. The number of para-hydroxylation sites is 2. The summed E-state index contributed by atoms with van der Waals surface area (Å²) in [4.78, 5) is 25.3. The van der Waals surface area contributed by atoms with E-state index in [4.69, 9.17) is 0 Å². The number of aromatic nitrogens is 3. The van der Waals surface area contributed by atoms with Gasteiger partial charge in [-0.25, -0.2) is 0 Å². The van der Waals surface area contributed by atoms with Gasteiger partial charge in [0.1, 0.15) is 0 Å². The Morgan fingerprint density at radius 1 is 1.00 bits per heavy atom. The van der Waals surface area contributed by atoms with Gasteiger partial charge in [0, 0.05) is 11.3 Å². The summed E-state index contributed by atoms with van der Waals surface area (Å²) in [5.74, 6) is 0.569. The standard InChI is InChI=1S/C22H18N4O2S2/c1-15(27)17-10-5-6-11-18(17)23-20(28)14-30-22-25-24-21(19-12-7-13-29-19)26(22)16-8-3-2-4-9-16/h2-13H,14H2,1H3,(H,23,28). The summed E-state index contributed by atoms with van der Waals surface area (Å²) in [5.41, 5.74) is 1.93. The van der Waals surface area contributed by atoms with Gasteiger partial charge in [0.05, 0.1) is 16.3 Å². The quantitative estimate of drug-likeness (QED) is 0.330. The first kappa shape index (κ1) is 20.1. The van der Waals surface area contributed by atoms with Gasteiger partial charge in [-0.05, 0) is 42.6 Å². The van der Waals surface area contributed by atoms with Crippen LogP contribution in [0.25, 0.3) is 16.4 Å². The van der Waals surface area contributed by atoms with Crippen molar-refractivity contribution in [2.24, 2.45) is 0 Å². The maximum atomic E-state index is 12.5. The summed E-state index contributed by atoms with van der Waals surface area (Å²) in [7, 11) is 0. The number of thioether (sulfide) groups is 1. The molecule has 0 aliphatic heterocycles. The van der Waals surface area contributed by atoms with Gasteiger partial charge < -0.3 is 5.32 Å². The molecule has 0 fully saturated rings. The molecule has 0 aliphatic rings. The second-order valence-corrected chi connectivity index (χ2v) is 8.28. The summed E-state index contributed by atoms with van der Waals surface area (Å²) >= 11 is 2.88. The van der Waals surface area contributed by atoms with Gasteiger partial charge in [-0.1, -0.05) is 48.2 Å². The fraction of sp³-hybridized carbons (Fsp3) is 0.0909. The fourth-order valence-corrected chi connectivity index (χ4v) is 4.40. The number of anilines is 1. The number of carbonyl (C=O) groups is 2. The molecule has 0 saturated carbocycles. The van der Waals surface area contributed by atoms with Gasteiger partial charge in [-0.3, -0.25) is 14.2 Å². The zero-order valence-electron chi connectivity index (χ0n) is 16.1. The predicted molar refractivity (Wildman–Crippen MR) is 120 cm³/mol. The first-order valence-electron chi connectivity index (χ1n) is 9.21. The molecule has 0 aliphatic carbocycles. The van der Waals surface area contributed by atoms with E-state index < -0.39 is 0 Å². The van der Waals surface area contributed by atoms with Gasteiger partial charge in [-0.2, -0.15) is 0 Å². The van der Waals surface area contributed by atoms with Crippen molar-refractivity contribution in [1.29, 1.82) is 0 Å². The lowest BCUT2D eigenvalue weighted by molar-refractivity contribution is -0.113. The van der Waals surface area contributed by atoms with Crippen LogP contribution in [0.3, 0.4) is 0 Å². The molecule has 2 aromatic heterocycles. The molecule has 2 aromatic carbocycles. The van der Waals surface area contributed by atoms with Gasteiger partial charge in [0.2, 0.25) is 5.91 Å². The van der Waals surface area contributed by atoms with Gasteiger partial charge in [-0.15, -0.1) is 21.5 Å². The third-order valence-corrected chi connectivity index (χ3v) is 6.10. The molecule has 0 spiro atoms. The Morgan fingerprint density at radius 3 is 2.50 bits per heavy atom. The normalized spacial score (nSPS) is 10.7. The van der Waals surface area contributed by atoms with E-state index >= 15 is 0 Å². The Hall–Kier alpha value is -3.23. The lowest BCUT2D eigenvalue weighted by atomic mass is 10.1. The molecule has 0 saturated heterocycles. The van der Waals surface area contributed by atoms with Crippen molar-refractivity contribution in [3.8, 4) is 16.4 Å². The zero-order chi connectivity index (χ0) is 20.9. The molecular weight excluding hydrogens is 416 g/mol. The number of rotatable bonds is 7. The van der Waals surface area contributed by atoms with Crippen LogP contribution in [0.5, 0.6) is 0 Å². The fourth-order valence-electron chi connectivity index (χ4n) is 2.95. The van der Waals surface area contributed by atoms with Crippen LogP contribution in [0.1, 0.15) is 17.3 Å². The molecule has 1 N–H and O–H groups in total. The number of Topliss-reactive ketones (excluding diaryl/α,β-unsaturated/α-hetero) is 1. The molecule has 2 heterocycles. The number of nitrogens with one attached hydrogen (secondary N) is 1. The number of ketones is 1. The number of nitrogens with zero attached hydrogens (tertiary/aromatic N) is 3. The first-order valence-corrected chi connectivity index (χ1v) is 11.1. The summed E-state index contributed by atoms with van der Waals surface area (Å²) in [6.45, 7) is 1.48. The first-order chi connectivity index (χ1) is 14.6. The Balaban J connectivity index is 1.56. The van der Waals surface area contributed by atoms with Crippen LogP contribution in [0.4, 0.5) is 5.69 Å². The lowest BCUT2D eigenvalue weighted by Crippen LogP contribution is -2.16. The molecule has 150 valence electrons. The van der Waals surface area contributed by atoms with Crippen LogP contribution in [0.15, 0.2) is 77.3 Å². The van der Waals surface area contributed by atoms with Crippen LogP contribution in [-0.2, 0) is 4.79 Å². The van der Waals surface area contributed by atoms with Crippen molar-refractivity contribution in [2.75, 3.05) is 11.1 Å². The average Bonchev–Trinajstić information content (AvgIpc) is 3.43. The zero-order valence-corrected chi connectivity index (χ0v) is 17.7. The molecule has 0 bridgehead atoms. The van der Waals surface area contributed by atoms with Crippen LogP contribution in [0, 0.1) is 0 Å². The topological polar surface area (TPSA) is 76.9 Å². The van der Waals surface area contributed by atoms with E-state index in [9.17, 15) is 9.59 Å². The molecule has 4 aromatic rings. The van der Waals surface area contributed by atoms with Crippen LogP contribution in [-0.4, -0.2) is 32.2 Å². The van der Waals surface area contributed by atoms with Crippen molar-refractivity contribution in [3.63, 3.8) is 0 Å². The largest absolute Gasteiger partial charge is 0.325 e. The summed E-state index contributed by atoms with van der Waals surface area (Å²) in [6.07, 6.45) is 0. The maximum absolute atomic E-state index is 12.5. The van der Waals surface area contributed by atoms with Crippen molar-refractivity contribution in [3.05, 3.63) is 77.7 Å². The van der Waals surface area contributed by atoms with Crippen LogP contribution in [0.2, 0.25) is 0 Å². The average molecular weight is 435 g/mol. The minimum atomic E-state index is -0.214. The van der Waals surface area contributed by atoms with E-state index in [1.807, 2.05) is 52.4 Å². The summed E-state index contributed by atoms with van der Waals surface area (Å²) in [5, 5.41) is 14.1. The van der Waals surface area contributed by atoms with Gasteiger partial charge >= 0.3 is 0 Å². The number of thiophene rings is 1. The van der Waals surface area contributed by atoms with E-state index in [-0.39, 0.29) is 17.4 Å². The Bertz CT molecular complexity index is 1170. The third-order valence-electron chi connectivity index (χ3n) is 4.30. The number of amides is 1. The van der Waals surface area contributed by atoms with E-state index in [1.165, 1.54) is 18.7 Å². The highest BCUT2D eigenvalue weighted by Gasteiger charge is 2.18. The smallest absolute Gasteiger partial charge is 0.234 e. The van der Waals surface area contributed by atoms with Crippen LogP contribution >= 0.6 is 23.1 Å². The molecule has 4 rings (SSSR count). The molecule has 30 heavy (non-hydrogen) atoms. The monoisotopic (exact) mass is 434 g/mol. The second kappa shape index (κ2) is 9.06. The van der Waals surface area contributed by atoms with Crippen molar-refractivity contribution >= 4 is 40.5 Å². The van der Waals surface area contributed by atoms with Crippen LogP contribution < -0.4 is 5.32 Å². The molecule has 6 nitrogen and oxygen atoms in total. The molecular formula is C22H18N4O2S2. The highest BCUT2D eigenvalue weighted by atomic mass is 32.2. The highest BCUT2D eigenvalue weighted by Crippen LogP contribution is 2.30. The minimum absolute atomic E-state index is 0.0945. The summed E-state index contributed by atoms with van der Waals surface area (Å²) < 4.78 is 1.95. The van der Waals surface area contributed by atoms with Gasteiger partial charge in [0.15, 0.2) is 16.8 Å². The minimum Gasteiger partial charge on any atom is -0.325 e. The summed E-state index contributed by atoms with van der Waals surface area (Å²) in [6, 6.07) is 20.8. The molecule has 0 atom stereocenters. The van der Waals surface area contributed by atoms with E-state index in [0.717, 1.165) is 16.4 Å². The van der Waals surface area contributed by atoms with Crippen molar-refractivity contribution in [1.82, 2.24) is 14.8 Å². The molecule has 0 unspecified atom stereocenters. The number of benzene rings is 2. The second-order valence-electron chi connectivity index (χ2n) is 6.39. The van der Waals surface area contributed by atoms with Crippen molar-refractivity contribution in [2.45, 2.75) is 12.1 Å². The van der Waals surface area contributed by atoms with Gasteiger partial charge in [0.25, 0.3) is 0 Å². The number of hydrogen-bond donors (Lipinski definition) is 1. The Labute approximate surface area is 182 Å². The highest BCUT2D eigenvalue weighted by molar-refractivity contribution is 7.99. The lowest BCUT2D eigenvalue weighted by Gasteiger charge is -2.10. The number of hydrogen-bond acceptors (Lipinski definition) is 6. The Morgan fingerprint density at radius 2 is 1.77 bits per heavy atom. The maximum Gasteiger partial charge on any atom is 0.234 e. The molecule has 8 heteroatoms. The molecule has 0 radical (unpaired) electrons. The Kier molecular flexibility index (Phi) is 6.06. The third kappa shape index (κ3) is 4.34.